The molecule has 1 aromatic rings. The lowest BCUT2D eigenvalue weighted by molar-refractivity contribution is -0.136. The molecule has 1 amide bonds. The van der Waals surface area contributed by atoms with Gasteiger partial charge in [-0.25, -0.2) is 4.79 Å². The first kappa shape index (κ1) is 17.5. The van der Waals surface area contributed by atoms with Gasteiger partial charge < -0.3 is 20.1 Å². The summed E-state index contributed by atoms with van der Waals surface area (Å²) in [4.78, 5) is 25.9. The van der Waals surface area contributed by atoms with E-state index < -0.39 is 5.97 Å². The number of nitrogens with zero attached hydrogens (tertiary/aromatic N) is 1. The SMILES string of the molecule is COC(=O)C1=C(Nc2cc(C)cc(Br)c2C)C(=O)N(CCO)C1. The van der Waals surface area contributed by atoms with Gasteiger partial charge in [0.05, 0.1) is 25.8 Å². The Hall–Kier alpha value is -1.86. The second kappa shape index (κ2) is 7.14. The number of nitrogens with one attached hydrogen (secondary N) is 1. The zero-order valence-corrected chi connectivity index (χ0v) is 14.9. The molecule has 0 saturated heterocycles. The van der Waals surface area contributed by atoms with Crippen LogP contribution in [0.3, 0.4) is 0 Å². The Balaban J connectivity index is 2.41. The molecule has 0 saturated carbocycles. The van der Waals surface area contributed by atoms with Crippen LogP contribution in [0, 0.1) is 13.8 Å². The number of hydrogen-bond donors (Lipinski definition) is 2. The number of anilines is 1. The zero-order chi connectivity index (χ0) is 17.1. The number of hydrogen-bond acceptors (Lipinski definition) is 5. The molecule has 2 N–H and O–H groups in total. The second-order valence-electron chi connectivity index (χ2n) is 5.34. The third kappa shape index (κ3) is 3.56. The number of rotatable bonds is 5. The number of aliphatic hydroxyl groups is 1. The van der Waals surface area contributed by atoms with Gasteiger partial charge in [0, 0.05) is 16.7 Å². The molecular formula is C16H19BrN2O4. The van der Waals surface area contributed by atoms with Gasteiger partial charge >= 0.3 is 5.97 Å². The van der Waals surface area contributed by atoms with Crippen molar-refractivity contribution < 1.29 is 19.4 Å². The molecule has 0 unspecified atom stereocenters. The highest BCUT2D eigenvalue weighted by molar-refractivity contribution is 9.10. The van der Waals surface area contributed by atoms with E-state index in [0.717, 1.165) is 21.3 Å². The van der Waals surface area contributed by atoms with Crippen LogP contribution in [0.5, 0.6) is 0 Å². The molecule has 0 radical (unpaired) electrons. The fourth-order valence-corrected chi connectivity index (χ4v) is 3.00. The van der Waals surface area contributed by atoms with Crippen molar-refractivity contribution in [3.63, 3.8) is 0 Å². The standard InChI is InChI=1S/C16H19BrN2O4/c1-9-6-12(17)10(2)13(7-9)18-14-11(16(22)23-3)8-19(4-5-20)15(14)21/h6-7,18,20H,4-5,8H2,1-3H3. The molecule has 2 rings (SSSR count). The lowest BCUT2D eigenvalue weighted by Gasteiger charge is -2.16. The van der Waals surface area contributed by atoms with Crippen LogP contribution in [0.15, 0.2) is 27.9 Å². The van der Waals surface area contributed by atoms with Gasteiger partial charge in [-0.2, -0.15) is 0 Å². The van der Waals surface area contributed by atoms with E-state index in [2.05, 4.69) is 21.2 Å². The van der Waals surface area contributed by atoms with E-state index in [4.69, 9.17) is 9.84 Å². The zero-order valence-electron chi connectivity index (χ0n) is 13.3. The molecule has 1 aromatic carbocycles. The molecule has 0 aromatic heterocycles. The second-order valence-corrected chi connectivity index (χ2v) is 6.19. The molecule has 1 aliphatic rings. The molecule has 6 nitrogen and oxygen atoms in total. The number of methoxy groups -OCH3 is 1. The Bertz CT molecular complexity index is 685. The highest BCUT2D eigenvalue weighted by Crippen LogP contribution is 2.29. The van der Waals surface area contributed by atoms with Gasteiger partial charge in [-0.3, -0.25) is 4.79 Å². The Morgan fingerprint density at radius 3 is 2.74 bits per heavy atom. The van der Waals surface area contributed by atoms with Crippen LogP contribution < -0.4 is 5.32 Å². The molecular weight excluding hydrogens is 364 g/mol. The summed E-state index contributed by atoms with van der Waals surface area (Å²) < 4.78 is 5.68. The molecule has 0 aliphatic carbocycles. The van der Waals surface area contributed by atoms with Gasteiger partial charge in [-0.1, -0.05) is 15.9 Å². The van der Waals surface area contributed by atoms with Gasteiger partial charge in [-0.05, 0) is 37.1 Å². The molecule has 7 heteroatoms. The molecule has 0 atom stereocenters. The predicted molar refractivity (Wildman–Crippen MR) is 89.9 cm³/mol. The summed E-state index contributed by atoms with van der Waals surface area (Å²) >= 11 is 3.48. The van der Waals surface area contributed by atoms with Gasteiger partial charge in [0.15, 0.2) is 0 Å². The lowest BCUT2D eigenvalue weighted by Crippen LogP contribution is -2.31. The average molecular weight is 383 g/mol. The molecule has 0 bridgehead atoms. The molecule has 0 spiro atoms. The van der Waals surface area contributed by atoms with E-state index in [9.17, 15) is 9.59 Å². The van der Waals surface area contributed by atoms with Crippen LogP contribution in [0.25, 0.3) is 0 Å². The first-order valence-corrected chi connectivity index (χ1v) is 7.93. The monoisotopic (exact) mass is 382 g/mol. The maximum Gasteiger partial charge on any atom is 0.337 e. The third-order valence-electron chi connectivity index (χ3n) is 3.70. The minimum absolute atomic E-state index is 0.125. The third-order valence-corrected chi connectivity index (χ3v) is 4.53. The molecule has 1 aliphatic heterocycles. The number of β-amino-alcohol motifs (C(OH)–C–C–N with tert-alkyl or cyclic N) is 1. The van der Waals surface area contributed by atoms with Gasteiger partial charge in [0.25, 0.3) is 5.91 Å². The summed E-state index contributed by atoms with van der Waals surface area (Å²) in [5.74, 6) is -0.873. The number of amides is 1. The summed E-state index contributed by atoms with van der Waals surface area (Å²) in [6.45, 7) is 3.98. The molecule has 0 fully saturated rings. The number of esters is 1. The van der Waals surface area contributed by atoms with Crippen LogP contribution >= 0.6 is 15.9 Å². The quantitative estimate of drug-likeness (QED) is 0.758. The minimum atomic E-state index is -0.550. The number of carbonyl (C=O) groups excluding carboxylic acids is 2. The van der Waals surface area contributed by atoms with Crippen molar-refractivity contribution in [2.45, 2.75) is 13.8 Å². The predicted octanol–water partition coefficient (Wildman–Crippen LogP) is 1.74. The van der Waals surface area contributed by atoms with E-state index in [1.807, 2.05) is 26.0 Å². The first-order chi connectivity index (χ1) is 10.9. The van der Waals surface area contributed by atoms with E-state index in [0.29, 0.717) is 0 Å². The summed E-state index contributed by atoms with van der Waals surface area (Å²) in [7, 11) is 1.28. The maximum absolute atomic E-state index is 12.5. The molecule has 1 heterocycles. The average Bonchev–Trinajstić information content (AvgIpc) is 2.81. The Labute approximate surface area is 143 Å². The van der Waals surface area contributed by atoms with Crippen molar-refractivity contribution in [2.24, 2.45) is 0 Å². The van der Waals surface area contributed by atoms with Crippen LogP contribution in [0.2, 0.25) is 0 Å². The van der Waals surface area contributed by atoms with E-state index >= 15 is 0 Å². The number of aliphatic hydroxyl groups excluding tert-OH is 1. The maximum atomic E-state index is 12.5. The Kier molecular flexibility index (Phi) is 5.43. The largest absolute Gasteiger partial charge is 0.466 e. The number of aryl methyl sites for hydroxylation is 1. The van der Waals surface area contributed by atoms with Crippen LogP contribution in [-0.2, 0) is 14.3 Å². The van der Waals surface area contributed by atoms with Crippen molar-refractivity contribution in [1.82, 2.24) is 4.90 Å². The molecule has 23 heavy (non-hydrogen) atoms. The van der Waals surface area contributed by atoms with Crippen molar-refractivity contribution in [1.29, 1.82) is 0 Å². The van der Waals surface area contributed by atoms with Crippen molar-refractivity contribution >= 4 is 33.5 Å². The first-order valence-electron chi connectivity index (χ1n) is 7.14. The van der Waals surface area contributed by atoms with E-state index in [-0.39, 0.29) is 36.9 Å². The van der Waals surface area contributed by atoms with Gasteiger partial charge in [-0.15, -0.1) is 0 Å². The summed E-state index contributed by atoms with van der Waals surface area (Å²) in [5.41, 5.74) is 3.16. The number of benzene rings is 1. The van der Waals surface area contributed by atoms with Gasteiger partial charge in [0.2, 0.25) is 0 Å². The van der Waals surface area contributed by atoms with Crippen LogP contribution in [-0.4, -0.2) is 48.7 Å². The van der Waals surface area contributed by atoms with Crippen molar-refractivity contribution in [2.75, 3.05) is 32.1 Å². The Morgan fingerprint density at radius 1 is 1.43 bits per heavy atom. The normalized spacial score (nSPS) is 14.5. The summed E-state index contributed by atoms with van der Waals surface area (Å²) in [5, 5.41) is 12.1. The van der Waals surface area contributed by atoms with E-state index in [1.54, 1.807) is 0 Å². The number of carbonyl (C=O) groups is 2. The highest BCUT2D eigenvalue weighted by Gasteiger charge is 2.34. The molecule has 124 valence electrons. The number of ether oxygens (including phenoxy) is 1. The van der Waals surface area contributed by atoms with Crippen molar-refractivity contribution in [3.05, 3.63) is 39.0 Å². The number of halogens is 1. The van der Waals surface area contributed by atoms with Crippen molar-refractivity contribution in [3.8, 4) is 0 Å². The highest BCUT2D eigenvalue weighted by atomic mass is 79.9. The van der Waals surface area contributed by atoms with Gasteiger partial charge in [0.1, 0.15) is 5.70 Å². The lowest BCUT2D eigenvalue weighted by atomic mass is 10.1. The minimum Gasteiger partial charge on any atom is -0.466 e. The topological polar surface area (TPSA) is 78.9 Å². The Morgan fingerprint density at radius 2 is 2.13 bits per heavy atom. The summed E-state index contributed by atoms with van der Waals surface area (Å²) in [6.07, 6.45) is 0. The summed E-state index contributed by atoms with van der Waals surface area (Å²) in [6, 6.07) is 3.88. The smallest absolute Gasteiger partial charge is 0.337 e. The van der Waals surface area contributed by atoms with Crippen LogP contribution in [0.4, 0.5) is 5.69 Å². The van der Waals surface area contributed by atoms with E-state index in [1.165, 1.54) is 12.0 Å². The van der Waals surface area contributed by atoms with Crippen LogP contribution in [0.1, 0.15) is 11.1 Å². The fraction of sp³-hybridized carbons (Fsp3) is 0.375. The fourth-order valence-electron chi connectivity index (χ4n) is 2.43.